The Hall–Kier alpha value is -2.28. The van der Waals surface area contributed by atoms with Crippen molar-refractivity contribution in [2.75, 3.05) is 40.9 Å². The van der Waals surface area contributed by atoms with Gasteiger partial charge in [-0.05, 0) is 51.8 Å². The lowest BCUT2D eigenvalue weighted by molar-refractivity contribution is -0.863. The number of ether oxygens (including phenoxy) is 2. The number of rotatable bonds is 7. The second-order valence-electron chi connectivity index (χ2n) is 8.46. The molecular formula is C21H34N3O4+. The Morgan fingerprint density at radius 1 is 1.21 bits per heavy atom. The number of amides is 2. The van der Waals surface area contributed by atoms with Crippen LogP contribution in [0.5, 0.6) is 11.5 Å². The lowest BCUT2D eigenvalue weighted by Crippen LogP contribution is -3.11. The van der Waals surface area contributed by atoms with Gasteiger partial charge in [-0.15, -0.1) is 0 Å². The van der Waals surface area contributed by atoms with Crippen molar-refractivity contribution in [3.05, 3.63) is 23.8 Å². The molecule has 0 bridgehead atoms. The second kappa shape index (κ2) is 9.28. The molecule has 1 saturated heterocycles. The fourth-order valence-electron chi connectivity index (χ4n) is 3.65. The average Bonchev–Trinajstić information content (AvgIpc) is 3.08. The maximum atomic E-state index is 13.0. The number of methoxy groups -OCH3 is 2. The molecule has 2 amide bonds. The molecule has 0 aromatic heterocycles. The van der Waals surface area contributed by atoms with Gasteiger partial charge in [0, 0.05) is 17.6 Å². The fraction of sp³-hybridized carbons (Fsp3) is 0.619. The molecule has 2 rings (SSSR count). The van der Waals surface area contributed by atoms with Gasteiger partial charge in [0.05, 0.1) is 27.3 Å². The highest BCUT2D eigenvalue weighted by atomic mass is 16.5. The first-order valence-corrected chi connectivity index (χ1v) is 9.78. The van der Waals surface area contributed by atoms with Gasteiger partial charge in [-0.1, -0.05) is 0 Å². The zero-order valence-electron chi connectivity index (χ0n) is 17.9. The first-order valence-electron chi connectivity index (χ1n) is 9.78. The molecule has 1 aromatic rings. The average molecular weight is 393 g/mol. The first-order chi connectivity index (χ1) is 13.1. The quantitative estimate of drug-likeness (QED) is 0.720. The molecule has 1 aliphatic heterocycles. The Balaban J connectivity index is 2.06. The summed E-state index contributed by atoms with van der Waals surface area (Å²) in [5, 5.41) is 2.94. The zero-order valence-corrected chi connectivity index (χ0v) is 17.9. The summed E-state index contributed by atoms with van der Waals surface area (Å²) < 4.78 is 10.9. The summed E-state index contributed by atoms with van der Waals surface area (Å²) in [6, 6.07) is 5.65. The van der Waals surface area contributed by atoms with E-state index in [1.54, 1.807) is 14.2 Å². The Bertz CT molecular complexity index is 699. The molecule has 1 unspecified atom stereocenters. The third-order valence-electron chi connectivity index (χ3n) is 4.80. The van der Waals surface area contributed by atoms with Crippen molar-refractivity contribution < 1.29 is 24.0 Å². The van der Waals surface area contributed by atoms with Crippen molar-refractivity contribution in [3.8, 4) is 11.5 Å². The largest absolute Gasteiger partial charge is 0.497 e. The van der Waals surface area contributed by atoms with E-state index in [2.05, 4.69) is 5.32 Å². The predicted molar refractivity (Wildman–Crippen MR) is 108 cm³/mol. The SMILES string of the molecule is COc1ccc(OC)c([C@H]2CCCN2C(=O)C[NH+](C)CC(=O)NC(C)(C)C)c1. The monoisotopic (exact) mass is 392 g/mol. The Kier molecular flexibility index (Phi) is 7.29. The number of benzene rings is 1. The van der Waals surface area contributed by atoms with Crippen molar-refractivity contribution in [2.24, 2.45) is 0 Å². The highest BCUT2D eigenvalue weighted by Gasteiger charge is 2.33. The van der Waals surface area contributed by atoms with Gasteiger partial charge in [0.2, 0.25) is 0 Å². The number of likely N-dealkylation sites (tertiary alicyclic amines) is 1. The van der Waals surface area contributed by atoms with Crippen LogP contribution in [0.2, 0.25) is 0 Å². The van der Waals surface area contributed by atoms with Gasteiger partial charge in [-0.2, -0.15) is 0 Å². The minimum absolute atomic E-state index is 0.0336. The van der Waals surface area contributed by atoms with E-state index in [1.807, 2.05) is 50.9 Å². The number of quaternary nitrogens is 1. The zero-order chi connectivity index (χ0) is 20.9. The molecule has 0 aliphatic carbocycles. The fourth-order valence-corrected chi connectivity index (χ4v) is 3.65. The Labute approximate surface area is 168 Å². The van der Waals surface area contributed by atoms with Crippen molar-refractivity contribution in [1.29, 1.82) is 0 Å². The minimum Gasteiger partial charge on any atom is -0.497 e. The van der Waals surface area contributed by atoms with Gasteiger partial charge in [-0.3, -0.25) is 9.59 Å². The number of likely N-dealkylation sites (N-methyl/N-ethyl adjacent to an activating group) is 1. The third-order valence-corrected chi connectivity index (χ3v) is 4.80. The Morgan fingerprint density at radius 2 is 1.93 bits per heavy atom. The molecule has 1 aromatic carbocycles. The van der Waals surface area contributed by atoms with Crippen molar-refractivity contribution in [3.63, 3.8) is 0 Å². The number of carbonyl (C=O) groups is 2. The van der Waals surface area contributed by atoms with Crippen LogP contribution in [-0.2, 0) is 9.59 Å². The third kappa shape index (κ3) is 5.86. The van der Waals surface area contributed by atoms with E-state index >= 15 is 0 Å². The summed E-state index contributed by atoms with van der Waals surface area (Å²) in [6.07, 6.45) is 1.83. The Morgan fingerprint density at radius 3 is 2.54 bits per heavy atom. The highest BCUT2D eigenvalue weighted by Crippen LogP contribution is 2.38. The molecule has 2 N–H and O–H groups in total. The van der Waals surface area contributed by atoms with E-state index in [4.69, 9.17) is 9.47 Å². The molecule has 28 heavy (non-hydrogen) atoms. The van der Waals surface area contributed by atoms with E-state index in [-0.39, 0.29) is 36.5 Å². The van der Waals surface area contributed by atoms with Crippen molar-refractivity contribution >= 4 is 11.8 Å². The van der Waals surface area contributed by atoms with Crippen LogP contribution in [0.25, 0.3) is 0 Å². The van der Waals surface area contributed by atoms with E-state index < -0.39 is 0 Å². The molecule has 156 valence electrons. The van der Waals surface area contributed by atoms with Crippen LogP contribution in [-0.4, -0.2) is 63.2 Å². The van der Waals surface area contributed by atoms with Crippen LogP contribution in [0.15, 0.2) is 18.2 Å². The standard InChI is InChI=1S/C21H33N3O4/c1-21(2,3)22-19(25)13-23(4)14-20(26)24-11-7-8-17(24)16-12-15(27-5)9-10-18(16)28-6/h9-10,12,17H,7-8,11,13-14H2,1-6H3,(H,22,25)/p+1/t17-/m1/s1. The summed E-state index contributed by atoms with van der Waals surface area (Å²) in [7, 11) is 5.14. The number of carbonyl (C=O) groups excluding carboxylic acids is 2. The second-order valence-corrected chi connectivity index (χ2v) is 8.46. The van der Waals surface area contributed by atoms with Gasteiger partial charge < -0.3 is 24.6 Å². The number of nitrogens with zero attached hydrogens (tertiary/aromatic N) is 1. The molecule has 7 nitrogen and oxygen atoms in total. The molecule has 1 aliphatic rings. The molecule has 0 radical (unpaired) electrons. The van der Waals surface area contributed by atoms with Crippen LogP contribution in [0, 0.1) is 0 Å². The van der Waals surface area contributed by atoms with Crippen LogP contribution in [0.1, 0.15) is 45.2 Å². The summed E-state index contributed by atoms with van der Waals surface area (Å²) in [5.41, 5.74) is 0.695. The molecular weight excluding hydrogens is 358 g/mol. The van der Waals surface area contributed by atoms with Crippen LogP contribution in [0.4, 0.5) is 0 Å². The van der Waals surface area contributed by atoms with E-state index in [9.17, 15) is 9.59 Å². The van der Waals surface area contributed by atoms with Crippen molar-refractivity contribution in [1.82, 2.24) is 10.2 Å². The maximum absolute atomic E-state index is 13.0. The highest BCUT2D eigenvalue weighted by molar-refractivity contribution is 5.80. The normalized spacial score (nSPS) is 17.9. The van der Waals surface area contributed by atoms with Gasteiger partial charge in [0.1, 0.15) is 11.5 Å². The number of hydrogen-bond acceptors (Lipinski definition) is 4. The van der Waals surface area contributed by atoms with Gasteiger partial charge in [0.15, 0.2) is 13.1 Å². The summed E-state index contributed by atoms with van der Waals surface area (Å²) in [4.78, 5) is 27.9. The van der Waals surface area contributed by atoms with E-state index in [0.717, 1.165) is 34.8 Å². The lowest BCUT2D eigenvalue weighted by atomic mass is 10.0. The van der Waals surface area contributed by atoms with Crippen LogP contribution in [0.3, 0.4) is 0 Å². The molecule has 7 heteroatoms. The van der Waals surface area contributed by atoms with Crippen LogP contribution < -0.4 is 19.7 Å². The smallest absolute Gasteiger partial charge is 0.278 e. The predicted octanol–water partition coefficient (Wildman–Crippen LogP) is 0.797. The number of hydrogen-bond donors (Lipinski definition) is 2. The lowest BCUT2D eigenvalue weighted by Gasteiger charge is -2.28. The molecule has 0 saturated carbocycles. The summed E-state index contributed by atoms with van der Waals surface area (Å²) in [6.45, 7) is 7.10. The minimum atomic E-state index is -0.273. The van der Waals surface area contributed by atoms with Gasteiger partial charge in [-0.25, -0.2) is 0 Å². The van der Waals surface area contributed by atoms with E-state index in [0.29, 0.717) is 6.54 Å². The molecule has 1 heterocycles. The summed E-state index contributed by atoms with van der Waals surface area (Å²) >= 11 is 0. The van der Waals surface area contributed by atoms with Gasteiger partial charge in [0.25, 0.3) is 11.8 Å². The van der Waals surface area contributed by atoms with Crippen molar-refractivity contribution in [2.45, 2.75) is 45.2 Å². The molecule has 1 fully saturated rings. The summed E-state index contributed by atoms with van der Waals surface area (Å²) in [5.74, 6) is 1.51. The molecule has 2 atom stereocenters. The van der Waals surface area contributed by atoms with E-state index in [1.165, 1.54) is 0 Å². The topological polar surface area (TPSA) is 72.3 Å². The van der Waals surface area contributed by atoms with Crippen LogP contribution >= 0.6 is 0 Å². The first kappa shape index (κ1) is 22.0. The maximum Gasteiger partial charge on any atom is 0.278 e. The number of nitrogens with one attached hydrogen (secondary N) is 2. The van der Waals surface area contributed by atoms with Gasteiger partial charge >= 0.3 is 0 Å². The molecule has 0 spiro atoms.